The highest BCUT2D eigenvalue weighted by atomic mass is 35.5. The molecule has 124 valence electrons. The Bertz CT molecular complexity index is 1120. The van der Waals surface area contributed by atoms with E-state index in [0.717, 1.165) is 5.56 Å². The molecule has 0 saturated heterocycles. The number of hydrogen-bond donors (Lipinski definition) is 3. The number of carbonyl (C=O) groups is 1. The van der Waals surface area contributed by atoms with Gasteiger partial charge in [-0.2, -0.15) is 0 Å². The second kappa shape index (κ2) is 5.99. The summed E-state index contributed by atoms with van der Waals surface area (Å²) in [4.78, 5) is 28.9. The number of aromatic nitrogens is 2. The summed E-state index contributed by atoms with van der Waals surface area (Å²) in [6.07, 6.45) is 0. The molecule has 0 fully saturated rings. The zero-order chi connectivity index (χ0) is 17.4. The van der Waals surface area contributed by atoms with Crippen molar-refractivity contribution < 1.29 is 9.21 Å². The molecule has 25 heavy (non-hydrogen) atoms. The van der Waals surface area contributed by atoms with Crippen LogP contribution in [-0.4, -0.2) is 15.9 Å². The lowest BCUT2D eigenvalue weighted by molar-refractivity contribution is 0.0997. The van der Waals surface area contributed by atoms with Crippen LogP contribution in [0.25, 0.3) is 22.4 Å². The first kappa shape index (κ1) is 15.3. The molecule has 6 nitrogen and oxygen atoms in total. The van der Waals surface area contributed by atoms with Crippen molar-refractivity contribution in [2.75, 3.05) is 5.32 Å². The van der Waals surface area contributed by atoms with E-state index in [1.807, 2.05) is 12.1 Å². The number of carbonyl (C=O) groups excluding carboxylic acids is 1. The number of aromatic amines is 2. The number of rotatable bonds is 3. The molecule has 4 aromatic rings. The zero-order valence-electron chi connectivity index (χ0n) is 12.8. The van der Waals surface area contributed by atoms with Gasteiger partial charge < -0.3 is 19.7 Å². The first-order valence-corrected chi connectivity index (χ1v) is 7.85. The van der Waals surface area contributed by atoms with E-state index in [0.29, 0.717) is 27.5 Å². The maximum Gasteiger partial charge on any atom is 0.323 e. The molecule has 0 aliphatic rings. The molecule has 2 heterocycles. The van der Waals surface area contributed by atoms with Crippen molar-refractivity contribution in [1.29, 1.82) is 0 Å². The lowest BCUT2D eigenvalue weighted by Gasteiger charge is -2.03. The molecule has 0 spiro atoms. The van der Waals surface area contributed by atoms with Crippen LogP contribution in [0.5, 0.6) is 0 Å². The number of H-pyrrole nitrogens is 2. The van der Waals surface area contributed by atoms with Crippen LogP contribution in [0.1, 0.15) is 10.6 Å². The molecule has 0 radical (unpaired) electrons. The molecule has 7 heteroatoms. The van der Waals surface area contributed by atoms with Crippen LogP contribution < -0.4 is 11.0 Å². The van der Waals surface area contributed by atoms with Gasteiger partial charge in [-0.3, -0.25) is 4.79 Å². The van der Waals surface area contributed by atoms with Crippen LogP contribution >= 0.6 is 11.6 Å². The Hall–Kier alpha value is -3.25. The summed E-state index contributed by atoms with van der Waals surface area (Å²) in [6.45, 7) is 0. The number of imidazole rings is 1. The summed E-state index contributed by atoms with van der Waals surface area (Å²) >= 11 is 5.87. The van der Waals surface area contributed by atoms with Gasteiger partial charge in [0.2, 0.25) is 0 Å². The van der Waals surface area contributed by atoms with Crippen molar-refractivity contribution in [3.63, 3.8) is 0 Å². The third kappa shape index (κ3) is 3.07. The number of benzene rings is 2. The number of anilines is 1. The third-order valence-corrected chi connectivity index (χ3v) is 3.98. The summed E-state index contributed by atoms with van der Waals surface area (Å²) in [7, 11) is 0. The molecule has 2 aromatic heterocycles. The largest absolute Gasteiger partial charge is 0.451 e. The standard InChI is InChI=1S/C18H12ClN3O3/c19-11-3-1-10(2-4-11)15-7-8-16(25-15)17(23)20-12-5-6-13-14(9-12)22-18(24)21-13/h1-9H,(H,20,23)(H2,21,22,24). The van der Waals surface area contributed by atoms with E-state index in [-0.39, 0.29) is 17.4 Å². The summed E-state index contributed by atoms with van der Waals surface area (Å²) in [5.74, 6) is 0.386. The SMILES string of the molecule is O=C(Nc1ccc2[nH]c(=O)[nH]c2c1)c1ccc(-c2ccc(Cl)cc2)o1. The van der Waals surface area contributed by atoms with E-state index >= 15 is 0 Å². The monoisotopic (exact) mass is 353 g/mol. The fourth-order valence-corrected chi connectivity index (χ4v) is 2.66. The van der Waals surface area contributed by atoms with Gasteiger partial charge >= 0.3 is 5.69 Å². The molecular weight excluding hydrogens is 342 g/mol. The van der Waals surface area contributed by atoms with Crippen molar-refractivity contribution in [3.8, 4) is 11.3 Å². The van der Waals surface area contributed by atoms with Crippen LogP contribution in [0.3, 0.4) is 0 Å². The highest BCUT2D eigenvalue weighted by molar-refractivity contribution is 6.30. The van der Waals surface area contributed by atoms with E-state index in [1.54, 1.807) is 42.5 Å². The van der Waals surface area contributed by atoms with Gasteiger partial charge in [0.25, 0.3) is 5.91 Å². The predicted molar refractivity (Wildman–Crippen MR) is 96.0 cm³/mol. The number of hydrogen-bond acceptors (Lipinski definition) is 3. The Morgan fingerprint density at radius 3 is 2.52 bits per heavy atom. The second-order valence-electron chi connectivity index (χ2n) is 5.46. The number of halogens is 1. The fourth-order valence-electron chi connectivity index (χ4n) is 2.53. The van der Waals surface area contributed by atoms with Crippen LogP contribution in [0.2, 0.25) is 5.02 Å². The van der Waals surface area contributed by atoms with Gasteiger partial charge in [0, 0.05) is 16.3 Å². The van der Waals surface area contributed by atoms with Crippen molar-refractivity contribution >= 4 is 34.2 Å². The van der Waals surface area contributed by atoms with Gasteiger partial charge in [0.1, 0.15) is 5.76 Å². The smallest absolute Gasteiger partial charge is 0.323 e. The van der Waals surface area contributed by atoms with Gasteiger partial charge in [0.15, 0.2) is 5.76 Å². The Kier molecular flexibility index (Phi) is 3.66. The molecule has 0 atom stereocenters. The topological polar surface area (TPSA) is 90.9 Å². The maximum absolute atomic E-state index is 12.3. The van der Waals surface area contributed by atoms with Gasteiger partial charge in [-0.05, 0) is 54.6 Å². The van der Waals surface area contributed by atoms with Crippen molar-refractivity contribution in [3.05, 3.63) is 75.9 Å². The van der Waals surface area contributed by atoms with Crippen molar-refractivity contribution in [2.45, 2.75) is 0 Å². The number of furan rings is 1. The maximum atomic E-state index is 12.3. The Balaban J connectivity index is 1.56. The van der Waals surface area contributed by atoms with Crippen LogP contribution in [0.4, 0.5) is 5.69 Å². The lowest BCUT2D eigenvalue weighted by atomic mass is 10.2. The summed E-state index contributed by atoms with van der Waals surface area (Å²) < 4.78 is 5.62. The van der Waals surface area contributed by atoms with Gasteiger partial charge in [-0.25, -0.2) is 4.79 Å². The number of amides is 1. The second-order valence-corrected chi connectivity index (χ2v) is 5.90. The van der Waals surface area contributed by atoms with E-state index in [9.17, 15) is 9.59 Å². The Labute approximate surface area is 146 Å². The Morgan fingerprint density at radius 1 is 0.960 bits per heavy atom. The minimum atomic E-state index is -0.377. The molecule has 0 unspecified atom stereocenters. The number of nitrogens with one attached hydrogen (secondary N) is 3. The molecular formula is C18H12ClN3O3. The van der Waals surface area contributed by atoms with E-state index < -0.39 is 0 Å². The lowest BCUT2D eigenvalue weighted by Crippen LogP contribution is -2.10. The van der Waals surface area contributed by atoms with E-state index in [4.69, 9.17) is 16.0 Å². The Morgan fingerprint density at radius 2 is 1.72 bits per heavy atom. The summed E-state index contributed by atoms with van der Waals surface area (Å²) in [6, 6.07) is 15.6. The van der Waals surface area contributed by atoms with Crippen molar-refractivity contribution in [2.24, 2.45) is 0 Å². The molecule has 0 bridgehead atoms. The van der Waals surface area contributed by atoms with Crippen LogP contribution in [0, 0.1) is 0 Å². The summed E-state index contributed by atoms with van der Waals surface area (Å²) in [5, 5.41) is 3.37. The van der Waals surface area contributed by atoms with Gasteiger partial charge in [-0.15, -0.1) is 0 Å². The molecule has 0 aliphatic carbocycles. The molecule has 0 saturated carbocycles. The highest BCUT2D eigenvalue weighted by Gasteiger charge is 2.13. The van der Waals surface area contributed by atoms with E-state index in [1.165, 1.54) is 0 Å². The van der Waals surface area contributed by atoms with Crippen LogP contribution in [0.15, 0.2) is 63.8 Å². The number of fused-ring (bicyclic) bond motifs is 1. The predicted octanol–water partition coefficient (Wildman–Crippen LogP) is 4.02. The van der Waals surface area contributed by atoms with Gasteiger partial charge in [0.05, 0.1) is 11.0 Å². The van der Waals surface area contributed by atoms with E-state index in [2.05, 4.69) is 15.3 Å². The molecule has 1 amide bonds. The van der Waals surface area contributed by atoms with Gasteiger partial charge in [-0.1, -0.05) is 11.6 Å². The molecule has 0 aliphatic heterocycles. The average molecular weight is 354 g/mol. The minimum absolute atomic E-state index is 0.188. The van der Waals surface area contributed by atoms with Crippen molar-refractivity contribution in [1.82, 2.24) is 9.97 Å². The highest BCUT2D eigenvalue weighted by Crippen LogP contribution is 2.24. The zero-order valence-corrected chi connectivity index (χ0v) is 13.6. The van der Waals surface area contributed by atoms with Crippen LogP contribution in [-0.2, 0) is 0 Å². The fraction of sp³-hybridized carbons (Fsp3) is 0. The quantitative estimate of drug-likeness (QED) is 0.519. The third-order valence-electron chi connectivity index (χ3n) is 3.73. The minimum Gasteiger partial charge on any atom is -0.451 e. The first-order chi connectivity index (χ1) is 12.1. The normalized spacial score (nSPS) is 10.9. The molecule has 3 N–H and O–H groups in total. The first-order valence-electron chi connectivity index (χ1n) is 7.48. The average Bonchev–Trinajstić information content (AvgIpc) is 3.21. The molecule has 4 rings (SSSR count). The summed E-state index contributed by atoms with van der Waals surface area (Å²) in [5.41, 5.74) is 2.37. The molecule has 2 aromatic carbocycles.